The van der Waals surface area contributed by atoms with Crippen LogP contribution in [0.5, 0.6) is 0 Å². The van der Waals surface area contributed by atoms with Crippen LogP contribution in [0, 0.1) is 6.92 Å². The van der Waals surface area contributed by atoms with E-state index in [1.165, 1.54) is 16.1 Å². The summed E-state index contributed by atoms with van der Waals surface area (Å²) in [7, 11) is -3.37. The molecule has 36 heavy (non-hydrogen) atoms. The summed E-state index contributed by atoms with van der Waals surface area (Å²) < 4.78 is 33.9. The lowest BCUT2D eigenvalue weighted by molar-refractivity contribution is 0.0731. The monoisotopic (exact) mass is 530 g/mol. The normalized spacial score (nSPS) is 16.8. The maximum atomic E-state index is 12.7. The maximum Gasteiger partial charge on any atom is 0.251 e. The Labute approximate surface area is 214 Å². The van der Waals surface area contributed by atoms with E-state index in [0.29, 0.717) is 43.6 Å². The number of carbonyl (C=O) groups excluding carboxylic acids is 1. The molecule has 3 aromatic rings. The summed E-state index contributed by atoms with van der Waals surface area (Å²) in [6, 6.07) is 7.92. The minimum atomic E-state index is -3.37. The molecule has 3 heterocycles. The van der Waals surface area contributed by atoms with Gasteiger partial charge in [0.25, 0.3) is 5.91 Å². The number of imidazole rings is 1. The molecule has 2 N–H and O–H groups in total. The summed E-state index contributed by atoms with van der Waals surface area (Å²) in [5, 5.41) is 11.8. The molecule has 5 rings (SSSR count). The number of nitrogens with one attached hydrogen (secondary N) is 2. The van der Waals surface area contributed by atoms with Gasteiger partial charge in [-0.15, -0.1) is 11.8 Å². The number of benzene rings is 1. The van der Waals surface area contributed by atoms with Gasteiger partial charge in [-0.05, 0) is 49.8 Å². The van der Waals surface area contributed by atoms with Crippen LogP contribution in [0.3, 0.4) is 0 Å². The summed E-state index contributed by atoms with van der Waals surface area (Å²) in [5.74, 6) is -0.0613. The Morgan fingerprint density at radius 3 is 2.69 bits per heavy atom. The van der Waals surface area contributed by atoms with Crippen molar-refractivity contribution in [2.75, 3.05) is 50.2 Å². The zero-order valence-corrected chi connectivity index (χ0v) is 22.0. The highest BCUT2D eigenvalue weighted by molar-refractivity contribution is 7.98. The van der Waals surface area contributed by atoms with Crippen LogP contribution in [-0.2, 0) is 14.8 Å². The van der Waals surface area contributed by atoms with Crippen molar-refractivity contribution >= 4 is 39.0 Å². The molecule has 1 aliphatic heterocycles. The molecule has 2 aromatic heterocycles. The zero-order valence-electron chi connectivity index (χ0n) is 20.4. The van der Waals surface area contributed by atoms with E-state index in [1.54, 1.807) is 10.7 Å². The Morgan fingerprint density at radius 1 is 1.22 bits per heavy atom. The molecule has 0 spiro atoms. The Balaban J connectivity index is 1.37. The summed E-state index contributed by atoms with van der Waals surface area (Å²) in [6.07, 6.45) is 5.78. The van der Waals surface area contributed by atoms with Gasteiger partial charge in [-0.3, -0.25) is 4.79 Å². The Kier molecular flexibility index (Phi) is 7.20. The average molecular weight is 531 g/mol. The summed E-state index contributed by atoms with van der Waals surface area (Å²) in [5.41, 5.74) is 4.57. The number of nitrogens with zero attached hydrogens (tertiary/aromatic N) is 4. The number of hydrogen-bond donors (Lipinski definition) is 2. The number of fused-ring (bicyclic) bond motifs is 1. The average Bonchev–Trinajstić information content (AvgIpc) is 3.58. The van der Waals surface area contributed by atoms with E-state index >= 15 is 0 Å². The maximum absolute atomic E-state index is 12.7. The molecule has 0 unspecified atom stereocenters. The molecule has 1 aliphatic carbocycles. The van der Waals surface area contributed by atoms with E-state index < -0.39 is 10.0 Å². The zero-order chi connectivity index (χ0) is 25.3. The van der Waals surface area contributed by atoms with E-state index in [9.17, 15) is 13.2 Å². The Bertz CT molecular complexity index is 1380. The molecule has 2 fully saturated rings. The third-order valence-corrected chi connectivity index (χ3v) is 8.86. The van der Waals surface area contributed by atoms with Crippen LogP contribution in [0.1, 0.15) is 28.8 Å². The first-order chi connectivity index (χ1) is 17.4. The predicted molar refractivity (Wildman–Crippen MR) is 140 cm³/mol. The van der Waals surface area contributed by atoms with E-state index in [-0.39, 0.29) is 18.2 Å². The number of carbonyl (C=O) groups is 1. The third kappa shape index (κ3) is 5.36. The highest BCUT2D eigenvalue weighted by atomic mass is 32.2. The largest absolute Gasteiger partial charge is 0.381 e. The first-order valence-electron chi connectivity index (χ1n) is 12.0. The second kappa shape index (κ2) is 10.4. The molecule has 1 amide bonds. The van der Waals surface area contributed by atoms with Gasteiger partial charge in [0.05, 0.1) is 36.5 Å². The van der Waals surface area contributed by atoms with Gasteiger partial charge < -0.3 is 15.4 Å². The standard InChI is InChI=1S/C24H30N6O4S2/c1-16-13-17(3-6-19(16)24(31)27-18-4-5-18)21-15-26-23-20(14-22(35-2)28-30(21)23)25-7-12-36(32,33)29-8-10-34-11-9-29/h3,6,13-15,18,25H,4-5,7-12H2,1-2H3,(H,27,31). The lowest BCUT2D eigenvalue weighted by atomic mass is 10.0. The van der Waals surface area contributed by atoms with Crippen LogP contribution in [0.25, 0.3) is 16.9 Å². The van der Waals surface area contributed by atoms with E-state index in [0.717, 1.165) is 40.4 Å². The lowest BCUT2D eigenvalue weighted by Crippen LogP contribution is -2.42. The molecule has 0 atom stereocenters. The van der Waals surface area contributed by atoms with Crippen molar-refractivity contribution < 1.29 is 17.9 Å². The fraction of sp³-hybridized carbons (Fsp3) is 0.458. The quantitative estimate of drug-likeness (QED) is 0.405. The predicted octanol–water partition coefficient (Wildman–Crippen LogP) is 2.39. The van der Waals surface area contributed by atoms with Crippen molar-refractivity contribution in [3.05, 3.63) is 41.6 Å². The van der Waals surface area contributed by atoms with Gasteiger partial charge in [-0.1, -0.05) is 6.07 Å². The number of aryl methyl sites for hydroxylation is 1. The molecule has 0 bridgehead atoms. The Morgan fingerprint density at radius 2 is 2.00 bits per heavy atom. The highest BCUT2D eigenvalue weighted by Crippen LogP contribution is 2.28. The molecule has 0 radical (unpaired) electrons. The fourth-order valence-electron chi connectivity index (χ4n) is 4.21. The fourth-order valence-corrected chi connectivity index (χ4v) is 5.93. The van der Waals surface area contributed by atoms with E-state index in [4.69, 9.17) is 9.84 Å². The first-order valence-corrected chi connectivity index (χ1v) is 14.8. The number of hydrogen-bond acceptors (Lipinski definition) is 8. The van der Waals surface area contributed by atoms with Gasteiger partial charge in [-0.2, -0.15) is 9.40 Å². The molecular formula is C24H30N6O4S2. The van der Waals surface area contributed by atoms with Crippen molar-refractivity contribution in [3.8, 4) is 11.3 Å². The second-order valence-corrected chi connectivity index (χ2v) is 11.9. The van der Waals surface area contributed by atoms with Gasteiger partial charge in [-0.25, -0.2) is 17.9 Å². The molecule has 192 valence electrons. The number of sulfonamides is 1. The number of ether oxygens (including phenoxy) is 1. The number of anilines is 1. The molecular weight excluding hydrogens is 500 g/mol. The van der Waals surface area contributed by atoms with Crippen molar-refractivity contribution in [2.24, 2.45) is 0 Å². The van der Waals surface area contributed by atoms with Gasteiger partial charge in [0.1, 0.15) is 5.03 Å². The lowest BCUT2D eigenvalue weighted by Gasteiger charge is -2.26. The van der Waals surface area contributed by atoms with E-state index in [1.807, 2.05) is 37.4 Å². The summed E-state index contributed by atoms with van der Waals surface area (Å²) >= 11 is 1.49. The van der Waals surface area contributed by atoms with Gasteiger partial charge in [0.2, 0.25) is 10.0 Å². The summed E-state index contributed by atoms with van der Waals surface area (Å²) in [4.78, 5) is 17.1. The first kappa shape index (κ1) is 25.0. The smallest absolute Gasteiger partial charge is 0.251 e. The molecule has 10 nitrogen and oxygen atoms in total. The minimum absolute atomic E-state index is 0.0206. The highest BCUT2D eigenvalue weighted by Gasteiger charge is 2.25. The van der Waals surface area contributed by atoms with E-state index in [2.05, 4.69) is 15.6 Å². The van der Waals surface area contributed by atoms with Crippen LogP contribution in [0.4, 0.5) is 5.69 Å². The van der Waals surface area contributed by atoms with Crippen molar-refractivity contribution in [3.63, 3.8) is 0 Å². The van der Waals surface area contributed by atoms with Crippen LogP contribution < -0.4 is 10.6 Å². The number of morpholine rings is 1. The number of rotatable bonds is 9. The summed E-state index contributed by atoms with van der Waals surface area (Å²) in [6.45, 7) is 3.82. The van der Waals surface area contributed by atoms with Crippen LogP contribution in [-0.4, -0.2) is 84.1 Å². The number of thioether (sulfide) groups is 1. The SMILES string of the molecule is CSc1cc(NCCS(=O)(=O)N2CCOCC2)c2ncc(-c3ccc(C(=O)NC4CC4)c(C)c3)n2n1. The molecule has 2 aliphatic rings. The van der Waals surface area contributed by atoms with Crippen molar-refractivity contribution in [1.82, 2.24) is 24.2 Å². The van der Waals surface area contributed by atoms with Gasteiger partial charge in [0, 0.05) is 36.8 Å². The molecule has 1 aromatic carbocycles. The number of aromatic nitrogens is 3. The van der Waals surface area contributed by atoms with Crippen molar-refractivity contribution in [2.45, 2.75) is 30.8 Å². The third-order valence-electron chi connectivity index (χ3n) is 6.37. The van der Waals surface area contributed by atoms with Crippen LogP contribution in [0.2, 0.25) is 0 Å². The topological polar surface area (TPSA) is 118 Å². The van der Waals surface area contributed by atoms with Crippen molar-refractivity contribution in [1.29, 1.82) is 0 Å². The second-order valence-electron chi connectivity index (χ2n) is 9.01. The minimum Gasteiger partial charge on any atom is -0.381 e. The molecule has 12 heteroatoms. The Hall–Kier alpha value is -2.67. The van der Waals surface area contributed by atoms with Crippen LogP contribution in [0.15, 0.2) is 35.5 Å². The molecule has 1 saturated carbocycles. The number of amides is 1. The van der Waals surface area contributed by atoms with Gasteiger partial charge >= 0.3 is 0 Å². The molecule has 1 saturated heterocycles. The van der Waals surface area contributed by atoms with Crippen LogP contribution >= 0.6 is 11.8 Å². The van der Waals surface area contributed by atoms with Gasteiger partial charge in [0.15, 0.2) is 5.65 Å².